The summed E-state index contributed by atoms with van der Waals surface area (Å²) in [5.74, 6) is -0.964. The third kappa shape index (κ3) is 60.7. The summed E-state index contributed by atoms with van der Waals surface area (Å²) in [5.41, 5.74) is 0. The summed E-state index contributed by atoms with van der Waals surface area (Å²) < 4.78 is 16.9. The molecule has 6 nitrogen and oxygen atoms in total. The molecular formula is C70H116O6. The maximum Gasteiger partial charge on any atom is 0.306 e. The number of carbonyl (C=O) groups excluding carboxylic acids is 3. The van der Waals surface area contributed by atoms with E-state index in [1.807, 2.05) is 0 Å². The molecule has 0 aliphatic carbocycles. The fraction of sp³-hybridized carbons (Fsp3) is 0.671. The fourth-order valence-corrected chi connectivity index (χ4v) is 8.56. The number of allylic oxidation sites excluding steroid dienone is 20. The average molecular weight is 1050 g/mol. The Labute approximate surface area is 469 Å². The van der Waals surface area contributed by atoms with Gasteiger partial charge in [-0.15, -0.1) is 0 Å². The van der Waals surface area contributed by atoms with Crippen LogP contribution in [-0.4, -0.2) is 37.2 Å². The Bertz CT molecular complexity index is 1590. The predicted molar refractivity (Wildman–Crippen MR) is 330 cm³/mol. The van der Waals surface area contributed by atoms with Crippen molar-refractivity contribution in [2.75, 3.05) is 13.2 Å². The zero-order valence-electron chi connectivity index (χ0n) is 49.5. The lowest BCUT2D eigenvalue weighted by atomic mass is 10.0. The average Bonchev–Trinajstić information content (AvgIpc) is 3.42. The van der Waals surface area contributed by atoms with E-state index in [1.165, 1.54) is 109 Å². The van der Waals surface area contributed by atoms with Gasteiger partial charge in [0, 0.05) is 19.3 Å². The minimum atomic E-state index is -0.809. The van der Waals surface area contributed by atoms with Crippen LogP contribution in [0.1, 0.15) is 284 Å². The molecule has 0 aliphatic rings. The van der Waals surface area contributed by atoms with E-state index in [2.05, 4.69) is 142 Å². The zero-order chi connectivity index (χ0) is 55.0. The standard InChI is InChI=1S/C70H116O6/c1-4-7-10-13-16-19-22-25-28-30-32-34-35-36-38-39-42-45-48-51-54-57-60-63-69(72)75-66-67(65-74-68(71)62-59-56-53-50-47-44-41-27-24-21-18-15-12-9-6-3)76-70(73)64-61-58-55-52-49-46-43-40-37-33-31-29-26-23-20-17-14-11-8-5-2/h7,9-10,12,16,18-19,21,25,27-28,32,34,36,38,41-42,45,47,50,67H,4-6,8,11,13-15,17,20,22-24,26,29-31,33,35,37,39-40,43-44,46,48-49,51-66H2,1-3H3/b10-7-,12-9-,19-16-,21-18-,28-25-,34-32-,38-36-,41-27-,45-42-,50-47-. The van der Waals surface area contributed by atoms with Crippen molar-refractivity contribution in [3.8, 4) is 0 Å². The number of hydrogen-bond acceptors (Lipinski definition) is 6. The van der Waals surface area contributed by atoms with Crippen molar-refractivity contribution >= 4 is 17.9 Å². The maximum absolute atomic E-state index is 12.9. The van der Waals surface area contributed by atoms with Gasteiger partial charge in [-0.25, -0.2) is 0 Å². The van der Waals surface area contributed by atoms with Crippen molar-refractivity contribution in [2.24, 2.45) is 0 Å². The molecule has 0 aromatic heterocycles. The van der Waals surface area contributed by atoms with E-state index in [-0.39, 0.29) is 31.1 Å². The molecule has 0 rings (SSSR count). The molecule has 0 aromatic carbocycles. The molecule has 0 aliphatic heterocycles. The second kappa shape index (κ2) is 63.3. The molecule has 0 bridgehead atoms. The molecule has 0 fully saturated rings. The van der Waals surface area contributed by atoms with Gasteiger partial charge in [-0.05, 0) is 109 Å². The van der Waals surface area contributed by atoms with Crippen LogP contribution in [0.15, 0.2) is 122 Å². The monoisotopic (exact) mass is 1050 g/mol. The smallest absolute Gasteiger partial charge is 0.306 e. The maximum atomic E-state index is 12.9. The molecule has 432 valence electrons. The predicted octanol–water partition coefficient (Wildman–Crippen LogP) is 21.6. The van der Waals surface area contributed by atoms with Crippen LogP contribution in [0.5, 0.6) is 0 Å². The quantitative estimate of drug-likeness (QED) is 0.0261. The van der Waals surface area contributed by atoms with Gasteiger partial charge in [-0.3, -0.25) is 14.4 Å². The van der Waals surface area contributed by atoms with E-state index in [0.29, 0.717) is 19.3 Å². The van der Waals surface area contributed by atoms with E-state index in [4.69, 9.17) is 14.2 Å². The van der Waals surface area contributed by atoms with Crippen molar-refractivity contribution < 1.29 is 28.6 Å². The lowest BCUT2D eigenvalue weighted by Gasteiger charge is -2.18. The van der Waals surface area contributed by atoms with Crippen molar-refractivity contribution in [3.05, 3.63) is 122 Å². The second-order valence-corrected chi connectivity index (χ2v) is 20.6. The molecule has 1 atom stereocenters. The number of unbranched alkanes of at least 4 members (excludes halogenated alkanes) is 25. The molecule has 0 radical (unpaired) electrons. The van der Waals surface area contributed by atoms with Crippen LogP contribution < -0.4 is 0 Å². The zero-order valence-corrected chi connectivity index (χ0v) is 49.5. The molecule has 0 N–H and O–H groups in total. The summed E-state index contributed by atoms with van der Waals surface area (Å²) in [6, 6.07) is 0. The Morgan fingerprint density at radius 2 is 0.513 bits per heavy atom. The molecule has 0 spiro atoms. The summed E-state index contributed by atoms with van der Waals surface area (Å²) >= 11 is 0. The normalized spacial score (nSPS) is 12.9. The third-order valence-corrected chi connectivity index (χ3v) is 13.2. The molecule has 0 saturated carbocycles. The van der Waals surface area contributed by atoms with Gasteiger partial charge < -0.3 is 14.2 Å². The van der Waals surface area contributed by atoms with Crippen molar-refractivity contribution in [1.29, 1.82) is 0 Å². The van der Waals surface area contributed by atoms with Crippen LogP contribution >= 0.6 is 0 Å². The van der Waals surface area contributed by atoms with Crippen LogP contribution in [0.25, 0.3) is 0 Å². The minimum Gasteiger partial charge on any atom is -0.462 e. The van der Waals surface area contributed by atoms with Crippen molar-refractivity contribution in [1.82, 2.24) is 0 Å². The van der Waals surface area contributed by atoms with E-state index < -0.39 is 6.10 Å². The van der Waals surface area contributed by atoms with E-state index >= 15 is 0 Å². The lowest BCUT2D eigenvalue weighted by molar-refractivity contribution is -0.167. The highest BCUT2D eigenvalue weighted by Crippen LogP contribution is 2.16. The molecule has 76 heavy (non-hydrogen) atoms. The third-order valence-electron chi connectivity index (χ3n) is 13.2. The summed E-state index contributed by atoms with van der Waals surface area (Å²) in [5, 5.41) is 0. The Hall–Kier alpha value is -4.19. The summed E-state index contributed by atoms with van der Waals surface area (Å²) in [6.07, 6.45) is 87.8. The minimum absolute atomic E-state index is 0.106. The van der Waals surface area contributed by atoms with Gasteiger partial charge in [-0.1, -0.05) is 277 Å². The summed E-state index contributed by atoms with van der Waals surface area (Å²) in [6.45, 7) is 6.38. The van der Waals surface area contributed by atoms with Gasteiger partial charge >= 0.3 is 17.9 Å². The van der Waals surface area contributed by atoms with E-state index in [1.54, 1.807) is 0 Å². The Morgan fingerprint density at radius 1 is 0.276 bits per heavy atom. The van der Waals surface area contributed by atoms with Crippen LogP contribution in [0, 0.1) is 0 Å². The van der Waals surface area contributed by atoms with Crippen molar-refractivity contribution in [3.63, 3.8) is 0 Å². The lowest BCUT2D eigenvalue weighted by Crippen LogP contribution is -2.30. The highest BCUT2D eigenvalue weighted by atomic mass is 16.6. The largest absolute Gasteiger partial charge is 0.462 e. The molecule has 1 unspecified atom stereocenters. The molecular weight excluding hydrogens is 937 g/mol. The molecule has 0 aromatic rings. The van der Waals surface area contributed by atoms with Crippen molar-refractivity contribution in [2.45, 2.75) is 290 Å². The molecule has 0 amide bonds. The van der Waals surface area contributed by atoms with Crippen LogP contribution in [0.4, 0.5) is 0 Å². The number of hydrogen-bond donors (Lipinski definition) is 0. The summed E-state index contributed by atoms with van der Waals surface area (Å²) in [4.78, 5) is 38.3. The van der Waals surface area contributed by atoms with Crippen LogP contribution in [0.2, 0.25) is 0 Å². The van der Waals surface area contributed by atoms with Crippen LogP contribution in [0.3, 0.4) is 0 Å². The first-order valence-electron chi connectivity index (χ1n) is 31.5. The van der Waals surface area contributed by atoms with E-state index in [9.17, 15) is 14.4 Å². The first-order chi connectivity index (χ1) is 37.5. The van der Waals surface area contributed by atoms with E-state index in [0.717, 1.165) is 135 Å². The second-order valence-electron chi connectivity index (χ2n) is 20.6. The van der Waals surface area contributed by atoms with Gasteiger partial charge in [0.1, 0.15) is 13.2 Å². The molecule has 6 heteroatoms. The number of ether oxygens (including phenoxy) is 3. The Morgan fingerprint density at radius 3 is 0.829 bits per heavy atom. The first-order valence-corrected chi connectivity index (χ1v) is 31.5. The topological polar surface area (TPSA) is 78.9 Å². The number of esters is 3. The van der Waals surface area contributed by atoms with Gasteiger partial charge in [0.2, 0.25) is 0 Å². The fourth-order valence-electron chi connectivity index (χ4n) is 8.56. The number of carbonyl (C=O) groups is 3. The molecule has 0 heterocycles. The Balaban J connectivity index is 4.46. The highest BCUT2D eigenvalue weighted by Gasteiger charge is 2.19. The molecule has 0 saturated heterocycles. The van der Waals surface area contributed by atoms with Gasteiger partial charge in [0.15, 0.2) is 6.10 Å². The van der Waals surface area contributed by atoms with Crippen LogP contribution in [-0.2, 0) is 28.6 Å². The van der Waals surface area contributed by atoms with Gasteiger partial charge in [-0.2, -0.15) is 0 Å². The SMILES string of the molecule is CC/C=C\C/C=C\C/C=C\C/C=C\C/C=C\C/C=C\CCCCCCC(=O)OCC(COC(=O)CCCC/C=C\C/C=C\C/C=C\C/C=C\CC)OC(=O)CCCCCCCCCCCCCCCCCCCCCC. The summed E-state index contributed by atoms with van der Waals surface area (Å²) in [7, 11) is 0. The highest BCUT2D eigenvalue weighted by molar-refractivity contribution is 5.71. The van der Waals surface area contributed by atoms with Gasteiger partial charge in [0.25, 0.3) is 0 Å². The Kier molecular flexibility index (Phi) is 59.9. The number of rotatable bonds is 56. The van der Waals surface area contributed by atoms with Gasteiger partial charge in [0.05, 0.1) is 0 Å². The first kappa shape index (κ1) is 71.8.